The Hall–Kier alpha value is -4.99. The molecule has 9 nitrogen and oxygen atoms in total. The molecule has 1 unspecified atom stereocenters. The lowest BCUT2D eigenvalue weighted by Gasteiger charge is -2.30. The van der Waals surface area contributed by atoms with Crippen LogP contribution in [0, 0.1) is 5.82 Å². The molecule has 0 radical (unpaired) electrons. The molecule has 1 aliphatic heterocycles. The summed E-state index contributed by atoms with van der Waals surface area (Å²) in [5, 5.41) is 15.7. The SMILES string of the molecule is CC1=CC(c2ccc(F)c(C(=O)NCc3ccccc3)c2)NC(=O)N1C(=O)Nc1ccc2[nH]ncc2c1. The third-order valence-electron chi connectivity index (χ3n) is 6.03. The zero-order valence-electron chi connectivity index (χ0n) is 19.8. The topological polar surface area (TPSA) is 119 Å². The Morgan fingerprint density at radius 3 is 2.68 bits per heavy atom. The summed E-state index contributed by atoms with van der Waals surface area (Å²) in [6, 6.07) is 16.7. The van der Waals surface area contributed by atoms with Crippen molar-refractivity contribution in [1.82, 2.24) is 25.7 Å². The van der Waals surface area contributed by atoms with Gasteiger partial charge in [-0.05, 0) is 54.5 Å². The Bertz CT molecular complexity index is 1530. The van der Waals surface area contributed by atoms with Crippen molar-refractivity contribution < 1.29 is 18.8 Å². The second-order valence-corrected chi connectivity index (χ2v) is 8.58. The van der Waals surface area contributed by atoms with Crippen LogP contribution >= 0.6 is 0 Å². The lowest BCUT2D eigenvalue weighted by Crippen LogP contribution is -2.48. The monoisotopic (exact) mass is 498 g/mol. The van der Waals surface area contributed by atoms with Crippen molar-refractivity contribution in [3.8, 4) is 0 Å². The molecule has 1 aliphatic rings. The van der Waals surface area contributed by atoms with Gasteiger partial charge in [0.1, 0.15) is 5.82 Å². The summed E-state index contributed by atoms with van der Waals surface area (Å²) in [5.41, 5.74) is 2.96. The van der Waals surface area contributed by atoms with Gasteiger partial charge < -0.3 is 16.0 Å². The second kappa shape index (κ2) is 9.94. The third kappa shape index (κ3) is 5.03. The van der Waals surface area contributed by atoms with Crippen LogP contribution in [0.3, 0.4) is 0 Å². The van der Waals surface area contributed by atoms with Crippen molar-refractivity contribution in [2.24, 2.45) is 0 Å². The molecule has 0 saturated heterocycles. The Labute approximate surface area is 211 Å². The fourth-order valence-corrected chi connectivity index (χ4v) is 4.13. The number of benzene rings is 3. The number of nitrogens with zero attached hydrogens (tertiary/aromatic N) is 2. The fraction of sp³-hybridized carbons (Fsp3) is 0.111. The van der Waals surface area contributed by atoms with E-state index in [9.17, 15) is 18.8 Å². The number of rotatable bonds is 5. The number of allylic oxidation sites excluding steroid dienone is 1. The maximum Gasteiger partial charge on any atom is 0.334 e. The summed E-state index contributed by atoms with van der Waals surface area (Å²) in [7, 11) is 0. The number of anilines is 1. The van der Waals surface area contributed by atoms with Gasteiger partial charge in [0, 0.05) is 23.3 Å². The van der Waals surface area contributed by atoms with Gasteiger partial charge >= 0.3 is 12.1 Å². The molecule has 5 rings (SSSR count). The number of H-pyrrole nitrogens is 1. The molecule has 0 bridgehead atoms. The van der Waals surface area contributed by atoms with Crippen LogP contribution in [0.15, 0.2) is 84.7 Å². The lowest BCUT2D eigenvalue weighted by molar-refractivity contribution is 0.0946. The first kappa shape index (κ1) is 23.7. The van der Waals surface area contributed by atoms with Crippen LogP contribution in [0.1, 0.15) is 34.5 Å². The molecule has 4 N–H and O–H groups in total. The smallest absolute Gasteiger partial charge is 0.334 e. The molecule has 0 saturated carbocycles. The van der Waals surface area contributed by atoms with Gasteiger partial charge in [0.15, 0.2) is 0 Å². The van der Waals surface area contributed by atoms with Crippen molar-refractivity contribution in [1.29, 1.82) is 0 Å². The number of urea groups is 2. The summed E-state index contributed by atoms with van der Waals surface area (Å²) in [6.07, 6.45) is 3.30. The van der Waals surface area contributed by atoms with Crippen molar-refractivity contribution in [3.05, 3.63) is 107 Å². The van der Waals surface area contributed by atoms with E-state index in [0.717, 1.165) is 21.4 Å². The highest BCUT2D eigenvalue weighted by Crippen LogP contribution is 2.26. The Morgan fingerprint density at radius 1 is 1.08 bits per heavy atom. The van der Waals surface area contributed by atoms with E-state index in [2.05, 4.69) is 26.1 Å². The first-order valence-corrected chi connectivity index (χ1v) is 11.5. The van der Waals surface area contributed by atoms with Gasteiger partial charge in [-0.25, -0.2) is 18.9 Å². The number of carbonyl (C=O) groups excluding carboxylic acids is 3. The van der Waals surface area contributed by atoms with Gasteiger partial charge in [-0.3, -0.25) is 9.89 Å². The van der Waals surface area contributed by atoms with Gasteiger partial charge in [-0.1, -0.05) is 36.4 Å². The molecule has 2 heterocycles. The molecule has 10 heteroatoms. The molecule has 1 aromatic heterocycles. The van der Waals surface area contributed by atoms with Crippen LogP contribution < -0.4 is 16.0 Å². The summed E-state index contributed by atoms with van der Waals surface area (Å²) in [5.74, 6) is -1.24. The van der Waals surface area contributed by atoms with Crippen LogP contribution in [0.5, 0.6) is 0 Å². The van der Waals surface area contributed by atoms with E-state index < -0.39 is 29.8 Å². The van der Waals surface area contributed by atoms with E-state index in [-0.39, 0.29) is 12.1 Å². The van der Waals surface area contributed by atoms with Crippen molar-refractivity contribution in [2.75, 3.05) is 5.32 Å². The van der Waals surface area contributed by atoms with E-state index in [0.29, 0.717) is 16.9 Å². The molecule has 0 spiro atoms. The number of fused-ring (bicyclic) bond motifs is 1. The van der Waals surface area contributed by atoms with Crippen molar-refractivity contribution >= 4 is 34.6 Å². The number of carbonyl (C=O) groups is 3. The van der Waals surface area contributed by atoms with Crippen molar-refractivity contribution in [3.63, 3.8) is 0 Å². The van der Waals surface area contributed by atoms with E-state index in [1.54, 1.807) is 37.4 Å². The number of amides is 5. The highest BCUT2D eigenvalue weighted by molar-refractivity contribution is 6.03. The Kier molecular flexibility index (Phi) is 6.38. The summed E-state index contributed by atoms with van der Waals surface area (Å²) >= 11 is 0. The number of nitrogens with one attached hydrogen (secondary N) is 4. The van der Waals surface area contributed by atoms with Crippen LogP contribution in [-0.4, -0.2) is 33.1 Å². The van der Waals surface area contributed by atoms with Crippen LogP contribution in [0.4, 0.5) is 19.7 Å². The molecule has 186 valence electrons. The standard InChI is InChI=1S/C27H23FN6O3/c1-16-11-24(18-7-9-22(28)21(13-18)25(35)29-14-17-5-3-2-4-6-17)32-27(37)34(16)26(36)31-20-8-10-23-19(12-20)15-30-33-23/h2-13,15,24H,14H2,1H3,(H,29,35)(H,30,33)(H,31,36)(H,32,37). The molecule has 4 aromatic rings. The fourth-order valence-electron chi connectivity index (χ4n) is 4.13. The molecule has 37 heavy (non-hydrogen) atoms. The number of imide groups is 1. The van der Waals surface area contributed by atoms with E-state index in [4.69, 9.17) is 0 Å². The third-order valence-corrected chi connectivity index (χ3v) is 6.03. The molecule has 3 aromatic carbocycles. The molecule has 5 amide bonds. The number of aromatic amines is 1. The van der Waals surface area contributed by atoms with Gasteiger partial charge in [0.05, 0.1) is 23.3 Å². The quantitative estimate of drug-likeness (QED) is 0.315. The van der Waals surface area contributed by atoms with Gasteiger partial charge in [-0.15, -0.1) is 0 Å². The predicted octanol–water partition coefficient (Wildman–Crippen LogP) is 4.83. The van der Waals surface area contributed by atoms with Gasteiger partial charge in [0.25, 0.3) is 5.91 Å². The Morgan fingerprint density at radius 2 is 1.89 bits per heavy atom. The average molecular weight is 499 g/mol. The highest BCUT2D eigenvalue weighted by Gasteiger charge is 2.31. The number of aromatic nitrogens is 2. The van der Waals surface area contributed by atoms with E-state index in [1.807, 2.05) is 30.3 Å². The summed E-state index contributed by atoms with van der Waals surface area (Å²) in [6.45, 7) is 1.88. The first-order chi connectivity index (χ1) is 17.9. The number of halogens is 1. The average Bonchev–Trinajstić information content (AvgIpc) is 3.36. The maximum absolute atomic E-state index is 14.5. The minimum absolute atomic E-state index is 0.136. The maximum atomic E-state index is 14.5. The molecule has 1 atom stereocenters. The Balaban J connectivity index is 1.30. The summed E-state index contributed by atoms with van der Waals surface area (Å²) < 4.78 is 14.5. The van der Waals surface area contributed by atoms with E-state index in [1.165, 1.54) is 18.2 Å². The largest absolute Gasteiger partial charge is 0.348 e. The number of hydrogen-bond acceptors (Lipinski definition) is 4. The molecular formula is C27H23FN6O3. The van der Waals surface area contributed by atoms with Gasteiger partial charge in [0.2, 0.25) is 0 Å². The highest BCUT2D eigenvalue weighted by atomic mass is 19.1. The van der Waals surface area contributed by atoms with Crippen molar-refractivity contribution in [2.45, 2.75) is 19.5 Å². The lowest BCUT2D eigenvalue weighted by atomic mass is 10.0. The molecule has 0 fully saturated rings. The van der Waals surface area contributed by atoms with Crippen LogP contribution in [-0.2, 0) is 6.54 Å². The molecular weight excluding hydrogens is 475 g/mol. The first-order valence-electron chi connectivity index (χ1n) is 11.5. The normalized spacial score (nSPS) is 15.2. The summed E-state index contributed by atoms with van der Waals surface area (Å²) in [4.78, 5) is 39.4. The zero-order chi connectivity index (χ0) is 25.9. The minimum atomic E-state index is -0.673. The molecule has 0 aliphatic carbocycles. The van der Waals surface area contributed by atoms with Crippen LogP contribution in [0.25, 0.3) is 10.9 Å². The predicted molar refractivity (Wildman–Crippen MR) is 136 cm³/mol. The zero-order valence-corrected chi connectivity index (χ0v) is 19.8. The van der Waals surface area contributed by atoms with E-state index >= 15 is 0 Å². The van der Waals surface area contributed by atoms with Gasteiger partial charge in [-0.2, -0.15) is 5.10 Å². The van der Waals surface area contributed by atoms with Crippen LogP contribution in [0.2, 0.25) is 0 Å². The minimum Gasteiger partial charge on any atom is -0.348 e. The second-order valence-electron chi connectivity index (χ2n) is 8.58. The number of hydrogen-bond donors (Lipinski definition) is 4.